The van der Waals surface area contributed by atoms with E-state index < -0.39 is 0 Å². The number of amides is 2. The van der Waals surface area contributed by atoms with Crippen LogP contribution >= 0.6 is 11.3 Å². The van der Waals surface area contributed by atoms with E-state index in [-0.39, 0.29) is 12.1 Å². The number of benzene rings is 2. The zero-order valence-corrected chi connectivity index (χ0v) is 17.9. The first-order valence-corrected chi connectivity index (χ1v) is 11.3. The van der Waals surface area contributed by atoms with Gasteiger partial charge in [0, 0.05) is 28.9 Å². The second kappa shape index (κ2) is 7.09. The van der Waals surface area contributed by atoms with E-state index >= 15 is 0 Å². The minimum Gasteiger partial charge on any atom is -0.349 e. The molecule has 0 saturated heterocycles. The molecule has 2 amide bonds. The van der Waals surface area contributed by atoms with E-state index in [4.69, 9.17) is 0 Å². The molecule has 31 heavy (non-hydrogen) atoms. The van der Waals surface area contributed by atoms with Gasteiger partial charge in [-0.25, -0.2) is 9.78 Å². The second-order valence-corrected chi connectivity index (χ2v) is 9.08. The van der Waals surface area contributed by atoms with Crippen molar-refractivity contribution >= 4 is 39.8 Å². The third kappa shape index (κ3) is 3.06. The summed E-state index contributed by atoms with van der Waals surface area (Å²) in [6, 6.07) is 14.2. The first-order chi connectivity index (χ1) is 15.2. The number of nitrogens with one attached hydrogen (secondary N) is 2. The zero-order chi connectivity index (χ0) is 20.9. The lowest BCUT2D eigenvalue weighted by molar-refractivity contribution is 0.186. The van der Waals surface area contributed by atoms with Crippen LogP contribution in [0, 0.1) is 0 Å². The monoisotopic (exact) mass is 430 g/mol. The van der Waals surface area contributed by atoms with Crippen molar-refractivity contribution in [2.45, 2.75) is 32.5 Å². The molecule has 6 rings (SSSR count). The van der Waals surface area contributed by atoms with Gasteiger partial charge in [0.1, 0.15) is 0 Å². The number of carbonyl (C=O) groups is 1. The number of carbonyl (C=O) groups excluding carboxylic acids is 1. The average Bonchev–Trinajstić information content (AvgIpc) is 3.43. The number of aromatic nitrogens is 3. The molecule has 0 saturated carbocycles. The molecule has 4 heterocycles. The summed E-state index contributed by atoms with van der Waals surface area (Å²) in [7, 11) is 0. The number of aromatic amines is 1. The summed E-state index contributed by atoms with van der Waals surface area (Å²) in [6.45, 7) is 4.38. The van der Waals surface area contributed by atoms with Crippen molar-refractivity contribution in [1.82, 2.24) is 20.1 Å². The van der Waals surface area contributed by atoms with Crippen LogP contribution in [-0.4, -0.2) is 32.7 Å². The topological polar surface area (TPSA) is 77.2 Å². The molecule has 0 bridgehead atoms. The van der Waals surface area contributed by atoms with Crippen LogP contribution in [0.5, 0.6) is 0 Å². The maximum atomic E-state index is 12.8. The van der Waals surface area contributed by atoms with Crippen LogP contribution in [0.15, 0.2) is 48.0 Å². The molecule has 2 aliphatic heterocycles. The van der Waals surface area contributed by atoms with Crippen molar-refractivity contribution in [3.63, 3.8) is 0 Å². The maximum absolute atomic E-state index is 12.8. The summed E-state index contributed by atoms with van der Waals surface area (Å²) in [5, 5.41) is 11.9. The van der Waals surface area contributed by atoms with Gasteiger partial charge in [-0.05, 0) is 30.2 Å². The Morgan fingerprint density at radius 2 is 2.03 bits per heavy atom. The van der Waals surface area contributed by atoms with Gasteiger partial charge in [-0.3, -0.25) is 5.10 Å². The second-order valence-electron chi connectivity index (χ2n) is 8.14. The van der Waals surface area contributed by atoms with E-state index in [2.05, 4.69) is 50.5 Å². The van der Waals surface area contributed by atoms with Crippen molar-refractivity contribution in [2.24, 2.45) is 0 Å². The number of H-pyrrole nitrogens is 1. The van der Waals surface area contributed by atoms with Crippen LogP contribution in [-0.2, 0) is 19.5 Å². The molecular weight excluding hydrogens is 408 g/mol. The fraction of sp³-hybridized carbons (Fsp3) is 0.261. The first-order valence-electron chi connectivity index (χ1n) is 10.5. The molecule has 2 aromatic carbocycles. The van der Waals surface area contributed by atoms with E-state index in [0.717, 1.165) is 53.0 Å². The molecule has 2 aliphatic rings. The van der Waals surface area contributed by atoms with E-state index in [0.29, 0.717) is 6.54 Å². The van der Waals surface area contributed by atoms with Crippen molar-refractivity contribution < 1.29 is 4.79 Å². The number of rotatable bonds is 3. The van der Waals surface area contributed by atoms with Gasteiger partial charge in [0.2, 0.25) is 0 Å². The number of hydrogen-bond acceptors (Lipinski definition) is 5. The number of thiazole rings is 1. The first kappa shape index (κ1) is 18.4. The molecule has 0 spiro atoms. The van der Waals surface area contributed by atoms with Gasteiger partial charge in [-0.1, -0.05) is 30.3 Å². The Kier molecular flexibility index (Phi) is 4.21. The Labute approximate surface area is 183 Å². The van der Waals surface area contributed by atoms with Gasteiger partial charge in [0.25, 0.3) is 0 Å². The van der Waals surface area contributed by atoms with E-state index in [1.54, 1.807) is 11.3 Å². The van der Waals surface area contributed by atoms with E-state index in [1.165, 1.54) is 10.6 Å². The quantitative estimate of drug-likeness (QED) is 0.494. The molecule has 0 aliphatic carbocycles. The summed E-state index contributed by atoms with van der Waals surface area (Å²) >= 11 is 1.71. The van der Waals surface area contributed by atoms with Gasteiger partial charge >= 0.3 is 6.03 Å². The predicted molar refractivity (Wildman–Crippen MR) is 122 cm³/mol. The van der Waals surface area contributed by atoms with Crippen molar-refractivity contribution in [3.05, 3.63) is 69.7 Å². The lowest BCUT2D eigenvalue weighted by atomic mass is 10.0. The van der Waals surface area contributed by atoms with Crippen molar-refractivity contribution in [3.8, 4) is 0 Å². The molecule has 1 atom stereocenters. The standard InChI is InChI=1S/C23H22N6OS/c1-14(15-5-3-2-4-6-15)29-11-16-9-17-20(10-19(16)25-23(29)30)26-27-22(17)28-8-7-18-21(12-28)31-13-24-18/h2-6,9-10,13-14H,7-8,11-12H2,1H3,(H,25,30)(H,26,27). The Balaban J connectivity index is 1.34. The van der Waals surface area contributed by atoms with Gasteiger partial charge in [0.05, 0.1) is 35.9 Å². The molecule has 1 unspecified atom stereocenters. The average molecular weight is 431 g/mol. The fourth-order valence-electron chi connectivity index (χ4n) is 4.55. The molecule has 0 radical (unpaired) electrons. The zero-order valence-electron chi connectivity index (χ0n) is 17.1. The summed E-state index contributed by atoms with van der Waals surface area (Å²) in [5.74, 6) is 0.969. The Bertz CT molecular complexity index is 1280. The smallest absolute Gasteiger partial charge is 0.322 e. The minimum atomic E-state index is -0.0725. The van der Waals surface area contributed by atoms with E-state index in [9.17, 15) is 4.79 Å². The van der Waals surface area contributed by atoms with Gasteiger partial charge in [-0.15, -0.1) is 11.3 Å². The predicted octanol–water partition coefficient (Wildman–Crippen LogP) is 4.69. The Morgan fingerprint density at radius 1 is 1.16 bits per heavy atom. The van der Waals surface area contributed by atoms with Crippen LogP contribution < -0.4 is 10.2 Å². The molecule has 0 fully saturated rings. The highest BCUT2D eigenvalue weighted by molar-refractivity contribution is 7.09. The van der Waals surface area contributed by atoms with Crippen LogP contribution in [0.3, 0.4) is 0 Å². The third-order valence-corrected chi connectivity index (χ3v) is 7.20. The van der Waals surface area contributed by atoms with Crippen molar-refractivity contribution in [2.75, 3.05) is 16.8 Å². The van der Waals surface area contributed by atoms with Crippen LogP contribution in [0.4, 0.5) is 16.3 Å². The molecule has 7 nitrogen and oxygen atoms in total. The number of nitrogens with zero attached hydrogens (tertiary/aromatic N) is 4. The largest absolute Gasteiger partial charge is 0.349 e. The number of urea groups is 1. The Morgan fingerprint density at radius 3 is 2.90 bits per heavy atom. The number of anilines is 2. The SMILES string of the molecule is CC(c1ccccc1)N1Cc2cc3c(N4CCc5ncsc5C4)n[nH]c3cc2NC1=O. The van der Waals surface area contributed by atoms with Gasteiger partial charge < -0.3 is 15.1 Å². The van der Waals surface area contributed by atoms with Gasteiger partial charge in [0.15, 0.2) is 5.82 Å². The molecular formula is C23H22N6OS. The number of hydrogen-bond donors (Lipinski definition) is 2. The fourth-order valence-corrected chi connectivity index (χ4v) is 5.38. The highest BCUT2D eigenvalue weighted by atomic mass is 32.1. The van der Waals surface area contributed by atoms with Crippen LogP contribution in [0.2, 0.25) is 0 Å². The molecule has 4 aromatic rings. The molecule has 8 heteroatoms. The third-order valence-electron chi connectivity index (χ3n) is 6.34. The summed E-state index contributed by atoms with van der Waals surface area (Å²) in [4.78, 5) is 22.8. The minimum absolute atomic E-state index is 0.0132. The molecule has 156 valence electrons. The molecule has 2 N–H and O–H groups in total. The maximum Gasteiger partial charge on any atom is 0.322 e. The van der Waals surface area contributed by atoms with Crippen LogP contribution in [0.1, 0.15) is 34.7 Å². The highest BCUT2D eigenvalue weighted by Crippen LogP contribution is 2.36. The molecule has 2 aromatic heterocycles. The van der Waals surface area contributed by atoms with Crippen LogP contribution in [0.25, 0.3) is 10.9 Å². The normalized spacial score (nSPS) is 16.7. The lowest BCUT2D eigenvalue weighted by Crippen LogP contribution is -2.40. The van der Waals surface area contributed by atoms with Gasteiger partial charge in [-0.2, -0.15) is 5.10 Å². The summed E-state index contributed by atoms with van der Waals surface area (Å²) < 4.78 is 0. The lowest BCUT2D eigenvalue weighted by Gasteiger charge is -2.34. The number of fused-ring (bicyclic) bond motifs is 3. The summed E-state index contributed by atoms with van der Waals surface area (Å²) in [6.07, 6.45) is 0.941. The van der Waals surface area contributed by atoms with Crippen molar-refractivity contribution in [1.29, 1.82) is 0 Å². The Hall–Kier alpha value is -3.39. The van der Waals surface area contributed by atoms with E-state index in [1.807, 2.05) is 34.7 Å². The highest BCUT2D eigenvalue weighted by Gasteiger charge is 2.29. The summed E-state index contributed by atoms with van der Waals surface area (Å²) in [5.41, 5.74) is 7.17.